The molecule has 0 amide bonds. The molecule has 2 aromatic heterocycles. The average Bonchev–Trinajstić information content (AvgIpc) is 2.27. The second kappa shape index (κ2) is 2.67. The highest BCUT2D eigenvalue weighted by atomic mass is 127. The molecule has 0 atom stereocenters. The molecule has 0 bridgehead atoms. The van der Waals surface area contributed by atoms with Crippen LogP contribution in [0, 0.1) is 3.83 Å². The zero-order chi connectivity index (χ0) is 7.84. The maximum absolute atomic E-state index is 4.07. The first-order chi connectivity index (χ1) is 5.25. The van der Waals surface area contributed by atoms with Gasteiger partial charge in [-0.05, 0) is 15.9 Å². The van der Waals surface area contributed by atoms with E-state index in [1.54, 1.807) is 10.7 Å². The predicted octanol–water partition coefficient (Wildman–Crippen LogP) is 1.49. The molecule has 0 unspecified atom stereocenters. The fourth-order valence-corrected chi connectivity index (χ4v) is 1.48. The monoisotopic (exact) mass is 324 g/mol. The van der Waals surface area contributed by atoms with E-state index in [-0.39, 0.29) is 0 Å². The van der Waals surface area contributed by atoms with Gasteiger partial charge in [0.1, 0.15) is 0 Å². The topological polar surface area (TPSA) is 43.1 Å². The van der Waals surface area contributed by atoms with Gasteiger partial charge in [0.05, 0.1) is 4.47 Å². The number of rotatable bonds is 0. The van der Waals surface area contributed by atoms with E-state index in [9.17, 15) is 0 Å². The van der Waals surface area contributed by atoms with Crippen molar-refractivity contribution >= 4 is 44.3 Å². The second-order valence-corrected chi connectivity index (χ2v) is 3.78. The van der Waals surface area contributed by atoms with Crippen LogP contribution in [-0.4, -0.2) is 19.6 Å². The Labute approximate surface area is 84.3 Å². The molecule has 0 saturated carbocycles. The van der Waals surface area contributed by atoms with Crippen molar-refractivity contribution in [2.24, 2.45) is 0 Å². The zero-order valence-electron chi connectivity index (χ0n) is 5.20. The maximum Gasteiger partial charge on any atom is 0.253 e. The maximum atomic E-state index is 4.07. The molecule has 0 saturated heterocycles. The summed E-state index contributed by atoms with van der Waals surface area (Å²) in [6.45, 7) is 0. The third-order valence-electron chi connectivity index (χ3n) is 1.14. The van der Waals surface area contributed by atoms with Crippen molar-refractivity contribution in [3.63, 3.8) is 0 Å². The number of hydrogen-bond donors (Lipinski definition) is 0. The molecule has 0 aliphatic rings. The molecule has 0 aliphatic carbocycles. The fourth-order valence-electron chi connectivity index (χ4n) is 0.734. The van der Waals surface area contributed by atoms with Gasteiger partial charge in [-0.1, -0.05) is 0 Å². The van der Waals surface area contributed by atoms with Crippen molar-refractivity contribution in [3.05, 3.63) is 20.7 Å². The molecule has 0 N–H and O–H groups in total. The molecule has 2 heterocycles. The van der Waals surface area contributed by atoms with E-state index < -0.39 is 0 Å². The van der Waals surface area contributed by atoms with E-state index in [4.69, 9.17) is 0 Å². The summed E-state index contributed by atoms with van der Waals surface area (Å²) < 4.78 is 3.23. The lowest BCUT2D eigenvalue weighted by molar-refractivity contribution is 0.920. The number of fused-ring (bicyclic) bond motifs is 1. The van der Waals surface area contributed by atoms with E-state index in [1.807, 2.05) is 28.8 Å². The summed E-state index contributed by atoms with van der Waals surface area (Å²) in [5, 5.41) is 4.07. The van der Waals surface area contributed by atoms with Crippen LogP contribution in [0.2, 0.25) is 0 Å². The minimum atomic E-state index is 0.623. The van der Waals surface area contributed by atoms with Gasteiger partial charge in [-0.2, -0.15) is 4.98 Å². The van der Waals surface area contributed by atoms with E-state index in [1.165, 1.54) is 0 Å². The van der Waals surface area contributed by atoms with E-state index in [0.717, 1.165) is 4.47 Å². The van der Waals surface area contributed by atoms with Crippen LogP contribution in [0.1, 0.15) is 0 Å². The van der Waals surface area contributed by atoms with Crippen molar-refractivity contribution in [1.82, 2.24) is 19.6 Å². The SMILES string of the molecule is Brc1cnc2nc(I)nn2c1. The van der Waals surface area contributed by atoms with Gasteiger partial charge in [0.2, 0.25) is 3.83 Å². The summed E-state index contributed by atoms with van der Waals surface area (Å²) in [4.78, 5) is 8.10. The first kappa shape index (κ1) is 7.41. The zero-order valence-corrected chi connectivity index (χ0v) is 8.94. The highest BCUT2D eigenvalue weighted by molar-refractivity contribution is 14.1. The first-order valence-corrected chi connectivity index (χ1v) is 4.66. The number of halogens is 2. The number of nitrogens with zero attached hydrogens (tertiary/aromatic N) is 4. The highest BCUT2D eigenvalue weighted by Gasteiger charge is 1.99. The van der Waals surface area contributed by atoms with Gasteiger partial charge in [-0.25, -0.2) is 9.50 Å². The lowest BCUT2D eigenvalue weighted by Crippen LogP contribution is -1.88. The van der Waals surface area contributed by atoms with Crippen molar-refractivity contribution in [3.8, 4) is 0 Å². The molecule has 2 rings (SSSR count). The van der Waals surface area contributed by atoms with Gasteiger partial charge in [-0.15, -0.1) is 5.10 Å². The largest absolute Gasteiger partial charge is 0.253 e. The van der Waals surface area contributed by atoms with Crippen molar-refractivity contribution < 1.29 is 0 Å². The molecule has 0 radical (unpaired) electrons. The van der Waals surface area contributed by atoms with Crippen LogP contribution < -0.4 is 0 Å². The van der Waals surface area contributed by atoms with E-state index in [0.29, 0.717) is 9.61 Å². The Hall–Kier alpha value is -0.240. The lowest BCUT2D eigenvalue weighted by atomic mass is 10.7. The summed E-state index contributed by atoms with van der Waals surface area (Å²) in [5.41, 5.74) is 0. The summed E-state index contributed by atoms with van der Waals surface area (Å²) in [6, 6.07) is 0. The molecule has 0 aliphatic heterocycles. The van der Waals surface area contributed by atoms with Crippen LogP contribution in [0.25, 0.3) is 5.78 Å². The Morgan fingerprint density at radius 3 is 3.18 bits per heavy atom. The molecular weight excluding hydrogens is 323 g/mol. The molecule has 11 heavy (non-hydrogen) atoms. The Bertz CT molecular complexity index is 398. The highest BCUT2D eigenvalue weighted by Crippen LogP contribution is 2.07. The first-order valence-electron chi connectivity index (χ1n) is 2.79. The number of aromatic nitrogens is 4. The quantitative estimate of drug-likeness (QED) is 0.690. The van der Waals surface area contributed by atoms with Crippen molar-refractivity contribution in [2.45, 2.75) is 0 Å². The molecular formula is C5H2BrIN4. The van der Waals surface area contributed by atoms with E-state index in [2.05, 4.69) is 31.0 Å². The van der Waals surface area contributed by atoms with Gasteiger partial charge in [0.15, 0.2) is 0 Å². The van der Waals surface area contributed by atoms with E-state index >= 15 is 0 Å². The fraction of sp³-hybridized carbons (Fsp3) is 0. The van der Waals surface area contributed by atoms with Crippen LogP contribution in [0.5, 0.6) is 0 Å². The van der Waals surface area contributed by atoms with Gasteiger partial charge in [0, 0.05) is 35.0 Å². The molecule has 0 fully saturated rings. The van der Waals surface area contributed by atoms with Gasteiger partial charge >= 0.3 is 0 Å². The second-order valence-electron chi connectivity index (χ2n) is 1.90. The van der Waals surface area contributed by atoms with Gasteiger partial charge in [0.25, 0.3) is 5.78 Å². The smallest absolute Gasteiger partial charge is 0.218 e. The summed E-state index contributed by atoms with van der Waals surface area (Å²) in [6.07, 6.45) is 3.51. The number of hydrogen-bond acceptors (Lipinski definition) is 3. The molecule has 56 valence electrons. The van der Waals surface area contributed by atoms with Crippen molar-refractivity contribution in [2.75, 3.05) is 0 Å². The van der Waals surface area contributed by atoms with Crippen LogP contribution >= 0.6 is 38.5 Å². The minimum absolute atomic E-state index is 0.623. The standard InChI is InChI=1S/C5H2BrIN4/c6-3-1-8-5-9-4(7)10-11(5)2-3/h1-2H. The van der Waals surface area contributed by atoms with Crippen LogP contribution in [0.4, 0.5) is 0 Å². The van der Waals surface area contributed by atoms with Crippen molar-refractivity contribution in [1.29, 1.82) is 0 Å². The Morgan fingerprint density at radius 2 is 2.36 bits per heavy atom. The lowest BCUT2D eigenvalue weighted by Gasteiger charge is -1.88. The average molecular weight is 325 g/mol. The molecule has 0 aromatic carbocycles. The molecule has 6 heteroatoms. The molecule has 4 nitrogen and oxygen atoms in total. The normalized spacial score (nSPS) is 10.7. The minimum Gasteiger partial charge on any atom is -0.218 e. The van der Waals surface area contributed by atoms with Gasteiger partial charge in [-0.3, -0.25) is 0 Å². The predicted molar refractivity (Wildman–Crippen MR) is 51.2 cm³/mol. The molecule has 2 aromatic rings. The Kier molecular flexibility index (Phi) is 1.80. The molecule has 0 spiro atoms. The Morgan fingerprint density at radius 1 is 1.55 bits per heavy atom. The summed E-state index contributed by atoms with van der Waals surface area (Å²) in [7, 11) is 0. The third kappa shape index (κ3) is 1.36. The summed E-state index contributed by atoms with van der Waals surface area (Å²) >= 11 is 5.33. The summed E-state index contributed by atoms with van der Waals surface area (Å²) in [5.74, 6) is 0.623. The van der Waals surface area contributed by atoms with Crippen LogP contribution in [-0.2, 0) is 0 Å². The van der Waals surface area contributed by atoms with Crippen LogP contribution in [0.3, 0.4) is 0 Å². The van der Waals surface area contributed by atoms with Crippen LogP contribution in [0.15, 0.2) is 16.9 Å². The Balaban J connectivity index is 2.82. The third-order valence-corrected chi connectivity index (χ3v) is 2.00. The van der Waals surface area contributed by atoms with Gasteiger partial charge < -0.3 is 0 Å².